The summed E-state index contributed by atoms with van der Waals surface area (Å²) in [6.07, 6.45) is 2.50. The molecule has 1 saturated heterocycles. The van der Waals surface area contributed by atoms with Crippen molar-refractivity contribution in [3.63, 3.8) is 0 Å². The van der Waals surface area contributed by atoms with Gasteiger partial charge >= 0.3 is 0 Å². The number of likely N-dealkylation sites (tertiary alicyclic amines) is 1. The Morgan fingerprint density at radius 3 is 2.32 bits per heavy atom. The minimum atomic E-state index is 0.00244. The molecule has 25 heavy (non-hydrogen) atoms. The van der Waals surface area contributed by atoms with Gasteiger partial charge in [0.2, 0.25) is 5.91 Å². The average molecular weight is 347 g/mol. The zero-order valence-electron chi connectivity index (χ0n) is 15.3. The fraction of sp³-hybridized carbons (Fsp3) is 0.600. The van der Waals surface area contributed by atoms with E-state index >= 15 is 0 Å². The third-order valence-corrected chi connectivity index (χ3v) is 4.58. The third-order valence-electron chi connectivity index (χ3n) is 4.58. The molecule has 0 N–H and O–H groups in total. The largest absolute Gasteiger partial charge is 0.494 e. The summed E-state index contributed by atoms with van der Waals surface area (Å²) >= 11 is 0. The van der Waals surface area contributed by atoms with Crippen LogP contribution in [-0.2, 0) is 9.53 Å². The second-order valence-electron chi connectivity index (χ2n) is 6.36. The van der Waals surface area contributed by atoms with Crippen LogP contribution in [0.15, 0.2) is 24.3 Å². The molecule has 2 rings (SSSR count). The van der Waals surface area contributed by atoms with Gasteiger partial charge in [0.25, 0.3) is 0 Å². The zero-order valence-corrected chi connectivity index (χ0v) is 15.3. The zero-order chi connectivity index (χ0) is 18.1. The van der Waals surface area contributed by atoms with E-state index in [1.807, 2.05) is 18.7 Å². The molecule has 5 nitrogen and oxygen atoms in total. The number of piperidine rings is 1. The molecule has 1 fully saturated rings. The summed E-state index contributed by atoms with van der Waals surface area (Å²) in [5, 5.41) is 0. The standard InChI is InChI=1S/C20H29NO4/c1-3-24-15-16-11-13-21(14-12-16)20(23)10-9-19(22)17-5-7-18(8-6-17)25-4-2/h5-8,16H,3-4,9-15H2,1-2H3. The summed E-state index contributed by atoms with van der Waals surface area (Å²) < 4.78 is 10.8. The number of benzene rings is 1. The maximum absolute atomic E-state index is 12.3. The molecule has 0 radical (unpaired) electrons. The van der Waals surface area contributed by atoms with E-state index in [1.165, 1.54) is 0 Å². The highest BCUT2D eigenvalue weighted by Gasteiger charge is 2.23. The first kappa shape index (κ1) is 19.4. The molecule has 0 aliphatic carbocycles. The first-order valence-corrected chi connectivity index (χ1v) is 9.25. The first-order chi connectivity index (χ1) is 12.1. The Morgan fingerprint density at radius 1 is 1.04 bits per heavy atom. The summed E-state index contributed by atoms with van der Waals surface area (Å²) in [7, 11) is 0. The van der Waals surface area contributed by atoms with E-state index in [0.717, 1.165) is 44.9 Å². The number of hydrogen-bond donors (Lipinski definition) is 0. The van der Waals surface area contributed by atoms with Gasteiger partial charge in [0, 0.05) is 44.7 Å². The van der Waals surface area contributed by atoms with Crippen molar-refractivity contribution in [1.29, 1.82) is 0 Å². The van der Waals surface area contributed by atoms with Crippen molar-refractivity contribution < 1.29 is 19.1 Å². The Hall–Kier alpha value is -1.88. The normalized spacial score (nSPS) is 15.2. The monoisotopic (exact) mass is 347 g/mol. The van der Waals surface area contributed by atoms with E-state index in [4.69, 9.17) is 9.47 Å². The van der Waals surface area contributed by atoms with Crippen LogP contribution in [-0.4, -0.2) is 49.5 Å². The lowest BCUT2D eigenvalue weighted by Crippen LogP contribution is -2.39. The van der Waals surface area contributed by atoms with Crippen LogP contribution in [0.25, 0.3) is 0 Å². The van der Waals surface area contributed by atoms with E-state index in [1.54, 1.807) is 24.3 Å². The van der Waals surface area contributed by atoms with Gasteiger partial charge in [0.05, 0.1) is 6.61 Å². The summed E-state index contributed by atoms with van der Waals surface area (Å²) in [4.78, 5) is 26.4. The molecule has 138 valence electrons. The summed E-state index contributed by atoms with van der Waals surface area (Å²) in [6.45, 7) is 7.59. The lowest BCUT2D eigenvalue weighted by atomic mass is 9.97. The van der Waals surface area contributed by atoms with Gasteiger partial charge in [-0.1, -0.05) is 0 Å². The fourth-order valence-electron chi connectivity index (χ4n) is 3.06. The summed E-state index contributed by atoms with van der Waals surface area (Å²) in [6, 6.07) is 7.11. The number of ether oxygens (including phenoxy) is 2. The highest BCUT2D eigenvalue weighted by molar-refractivity contribution is 5.98. The lowest BCUT2D eigenvalue weighted by molar-refractivity contribution is -0.132. The van der Waals surface area contributed by atoms with Crippen molar-refractivity contribution in [3.05, 3.63) is 29.8 Å². The van der Waals surface area contributed by atoms with Crippen LogP contribution in [0.4, 0.5) is 0 Å². The maximum Gasteiger partial charge on any atom is 0.223 e. The van der Waals surface area contributed by atoms with E-state index in [0.29, 0.717) is 18.1 Å². The molecule has 0 aromatic heterocycles. The predicted octanol–water partition coefficient (Wildman–Crippen LogP) is 3.32. The molecule has 0 spiro atoms. The van der Waals surface area contributed by atoms with Gasteiger partial charge in [-0.25, -0.2) is 0 Å². The van der Waals surface area contributed by atoms with Gasteiger partial charge < -0.3 is 14.4 Å². The quantitative estimate of drug-likeness (QED) is 0.643. The van der Waals surface area contributed by atoms with Crippen molar-refractivity contribution in [2.24, 2.45) is 5.92 Å². The van der Waals surface area contributed by atoms with Crippen LogP contribution in [0.3, 0.4) is 0 Å². The van der Waals surface area contributed by atoms with Crippen molar-refractivity contribution in [1.82, 2.24) is 4.90 Å². The van der Waals surface area contributed by atoms with Crippen molar-refractivity contribution >= 4 is 11.7 Å². The summed E-state index contributed by atoms with van der Waals surface area (Å²) in [5.41, 5.74) is 0.631. The number of rotatable bonds is 9. The lowest BCUT2D eigenvalue weighted by Gasteiger charge is -2.31. The molecule has 0 saturated carbocycles. The van der Waals surface area contributed by atoms with E-state index in [-0.39, 0.29) is 24.5 Å². The van der Waals surface area contributed by atoms with Gasteiger partial charge in [-0.15, -0.1) is 0 Å². The Balaban J connectivity index is 1.73. The number of Topliss-reactive ketones (excluding diaryl/α,β-unsaturated/α-hetero) is 1. The van der Waals surface area contributed by atoms with Crippen molar-refractivity contribution in [3.8, 4) is 5.75 Å². The highest BCUT2D eigenvalue weighted by atomic mass is 16.5. The van der Waals surface area contributed by atoms with Crippen LogP contribution >= 0.6 is 0 Å². The van der Waals surface area contributed by atoms with Gasteiger partial charge in [-0.3, -0.25) is 9.59 Å². The average Bonchev–Trinajstić information content (AvgIpc) is 2.65. The van der Waals surface area contributed by atoms with Crippen LogP contribution in [0.1, 0.15) is 49.9 Å². The van der Waals surface area contributed by atoms with E-state index < -0.39 is 0 Å². The third kappa shape index (κ3) is 6.16. The number of hydrogen-bond acceptors (Lipinski definition) is 4. The SMILES string of the molecule is CCOCC1CCN(C(=O)CCC(=O)c2ccc(OCC)cc2)CC1. The number of carbonyl (C=O) groups excluding carboxylic acids is 2. The number of amides is 1. The smallest absolute Gasteiger partial charge is 0.223 e. The molecule has 0 unspecified atom stereocenters. The minimum Gasteiger partial charge on any atom is -0.494 e. The Morgan fingerprint density at radius 2 is 1.72 bits per heavy atom. The molecule has 1 aromatic rings. The van der Waals surface area contributed by atoms with Gasteiger partial charge in [-0.2, -0.15) is 0 Å². The Kier molecular flexibility index (Phi) is 7.92. The number of carbonyl (C=O) groups is 2. The molecule has 0 atom stereocenters. The molecule has 1 amide bonds. The van der Waals surface area contributed by atoms with Crippen LogP contribution < -0.4 is 4.74 Å². The van der Waals surface area contributed by atoms with Crippen molar-refractivity contribution in [2.75, 3.05) is 32.9 Å². The first-order valence-electron chi connectivity index (χ1n) is 9.25. The Labute approximate surface area is 150 Å². The van der Waals surface area contributed by atoms with Crippen LogP contribution in [0.5, 0.6) is 5.75 Å². The predicted molar refractivity (Wildman–Crippen MR) is 97.0 cm³/mol. The van der Waals surface area contributed by atoms with Crippen molar-refractivity contribution in [2.45, 2.75) is 39.5 Å². The highest BCUT2D eigenvalue weighted by Crippen LogP contribution is 2.19. The molecular weight excluding hydrogens is 318 g/mol. The molecule has 1 aliphatic heterocycles. The van der Waals surface area contributed by atoms with Gasteiger partial charge in [0.1, 0.15) is 5.75 Å². The fourth-order valence-corrected chi connectivity index (χ4v) is 3.06. The Bertz CT molecular complexity index is 547. The van der Waals surface area contributed by atoms with Gasteiger partial charge in [0.15, 0.2) is 5.78 Å². The molecule has 1 aliphatic rings. The second-order valence-corrected chi connectivity index (χ2v) is 6.36. The number of ketones is 1. The van der Waals surface area contributed by atoms with E-state index in [2.05, 4.69) is 0 Å². The van der Waals surface area contributed by atoms with E-state index in [9.17, 15) is 9.59 Å². The van der Waals surface area contributed by atoms with Crippen LogP contribution in [0.2, 0.25) is 0 Å². The maximum atomic E-state index is 12.3. The number of nitrogens with zero attached hydrogens (tertiary/aromatic N) is 1. The summed E-state index contributed by atoms with van der Waals surface area (Å²) in [5.74, 6) is 1.39. The molecule has 1 heterocycles. The molecule has 5 heteroatoms. The molecular formula is C20H29NO4. The van der Waals surface area contributed by atoms with Gasteiger partial charge in [-0.05, 0) is 56.9 Å². The second kappa shape index (κ2) is 10.2. The molecule has 1 aromatic carbocycles. The topological polar surface area (TPSA) is 55.8 Å². The minimum absolute atomic E-state index is 0.00244. The van der Waals surface area contributed by atoms with Crippen LogP contribution in [0, 0.1) is 5.92 Å². The molecule has 0 bridgehead atoms.